The minimum absolute atomic E-state index is 0.000563. The lowest BCUT2D eigenvalue weighted by molar-refractivity contribution is -0.139. The van der Waals surface area contributed by atoms with Crippen molar-refractivity contribution in [3.63, 3.8) is 0 Å². The molecule has 2 aliphatic heterocycles. The number of aromatic hydroxyl groups is 1. The third-order valence-electron chi connectivity index (χ3n) is 3.81. The standard InChI is InChI=1S/C16H15BrN2O5S/c17-11-1-2-12(20)10(7-11)8-13-15(22)19(16(23)25-13)9-14(21)18-3-5-24-6-4-18/h1-2,7-8,20H,3-6,9H2/b13-8+. The Morgan fingerprint density at radius 2 is 2.04 bits per heavy atom. The van der Waals surface area contributed by atoms with Gasteiger partial charge in [0.05, 0.1) is 18.1 Å². The highest BCUT2D eigenvalue weighted by Crippen LogP contribution is 2.34. The van der Waals surface area contributed by atoms with E-state index >= 15 is 0 Å². The number of hydrogen-bond acceptors (Lipinski definition) is 6. The molecule has 0 aromatic heterocycles. The zero-order valence-corrected chi connectivity index (χ0v) is 15.5. The quantitative estimate of drug-likeness (QED) is 0.744. The first-order chi connectivity index (χ1) is 12.0. The Morgan fingerprint density at radius 1 is 1.32 bits per heavy atom. The summed E-state index contributed by atoms with van der Waals surface area (Å²) in [6, 6.07) is 4.80. The van der Waals surface area contributed by atoms with Crippen molar-refractivity contribution in [3.05, 3.63) is 33.1 Å². The number of halogens is 1. The molecular weight excluding hydrogens is 412 g/mol. The van der Waals surface area contributed by atoms with Crippen LogP contribution in [0, 0.1) is 0 Å². The van der Waals surface area contributed by atoms with Gasteiger partial charge < -0.3 is 14.7 Å². The zero-order valence-electron chi connectivity index (χ0n) is 13.1. The molecule has 0 atom stereocenters. The number of carbonyl (C=O) groups is 3. The van der Waals surface area contributed by atoms with Crippen molar-refractivity contribution in [3.8, 4) is 5.75 Å². The summed E-state index contributed by atoms with van der Waals surface area (Å²) in [4.78, 5) is 39.5. The highest BCUT2D eigenvalue weighted by Gasteiger charge is 2.37. The van der Waals surface area contributed by atoms with Gasteiger partial charge in [0.2, 0.25) is 5.91 Å². The Balaban J connectivity index is 1.74. The second kappa shape index (κ2) is 7.59. The van der Waals surface area contributed by atoms with Gasteiger partial charge in [0.25, 0.3) is 11.1 Å². The predicted molar refractivity (Wildman–Crippen MR) is 95.9 cm³/mol. The number of phenols is 1. The molecule has 0 radical (unpaired) electrons. The van der Waals surface area contributed by atoms with Crippen molar-refractivity contribution in [2.45, 2.75) is 0 Å². The summed E-state index contributed by atoms with van der Waals surface area (Å²) in [6.07, 6.45) is 1.45. The summed E-state index contributed by atoms with van der Waals surface area (Å²) in [5.41, 5.74) is 0.416. The number of thioether (sulfide) groups is 1. The van der Waals surface area contributed by atoms with Gasteiger partial charge in [0, 0.05) is 23.1 Å². The Kier molecular flexibility index (Phi) is 5.45. The molecule has 3 rings (SSSR count). The predicted octanol–water partition coefficient (Wildman–Crippen LogP) is 2.05. The average molecular weight is 427 g/mol. The second-order valence-corrected chi connectivity index (χ2v) is 7.37. The van der Waals surface area contributed by atoms with Crippen LogP contribution in [0.15, 0.2) is 27.6 Å². The van der Waals surface area contributed by atoms with Crippen molar-refractivity contribution in [1.29, 1.82) is 0 Å². The van der Waals surface area contributed by atoms with Gasteiger partial charge in [0.15, 0.2) is 0 Å². The third kappa shape index (κ3) is 4.05. The van der Waals surface area contributed by atoms with Crippen LogP contribution in [-0.4, -0.2) is 64.8 Å². The van der Waals surface area contributed by atoms with Gasteiger partial charge in [0.1, 0.15) is 12.3 Å². The summed E-state index contributed by atoms with van der Waals surface area (Å²) in [5, 5.41) is 9.38. The fourth-order valence-corrected chi connectivity index (χ4v) is 3.67. The molecule has 9 heteroatoms. The molecule has 1 aromatic rings. The summed E-state index contributed by atoms with van der Waals surface area (Å²) < 4.78 is 5.92. The van der Waals surface area contributed by atoms with Gasteiger partial charge in [-0.05, 0) is 36.0 Å². The Hall–Kier alpha value is -1.84. The maximum Gasteiger partial charge on any atom is 0.294 e. The monoisotopic (exact) mass is 426 g/mol. The number of morpholine rings is 1. The zero-order chi connectivity index (χ0) is 18.0. The van der Waals surface area contributed by atoms with E-state index in [1.54, 1.807) is 17.0 Å². The van der Waals surface area contributed by atoms with Crippen LogP contribution in [0.3, 0.4) is 0 Å². The summed E-state index contributed by atoms with van der Waals surface area (Å²) in [5.74, 6) is -0.812. The molecule has 1 aromatic carbocycles. The van der Waals surface area contributed by atoms with Crippen molar-refractivity contribution in [1.82, 2.24) is 9.80 Å². The first-order valence-electron chi connectivity index (χ1n) is 7.55. The molecule has 2 saturated heterocycles. The van der Waals surface area contributed by atoms with Crippen molar-refractivity contribution in [2.75, 3.05) is 32.8 Å². The Morgan fingerprint density at radius 3 is 2.76 bits per heavy atom. The molecule has 2 heterocycles. The van der Waals surface area contributed by atoms with Crippen LogP contribution in [0.5, 0.6) is 5.75 Å². The maximum atomic E-state index is 12.5. The number of phenolic OH excluding ortho intramolecular Hbond substituents is 1. The summed E-state index contributed by atoms with van der Waals surface area (Å²) in [6.45, 7) is 1.53. The molecular formula is C16H15BrN2O5S. The fraction of sp³-hybridized carbons (Fsp3) is 0.312. The average Bonchev–Trinajstić information content (AvgIpc) is 2.86. The van der Waals surface area contributed by atoms with Crippen molar-refractivity contribution in [2.24, 2.45) is 0 Å². The largest absolute Gasteiger partial charge is 0.507 e. The molecule has 0 spiro atoms. The minimum atomic E-state index is -0.531. The van der Waals surface area contributed by atoms with E-state index in [2.05, 4.69) is 15.9 Å². The number of rotatable bonds is 3. The topological polar surface area (TPSA) is 87.2 Å². The van der Waals surface area contributed by atoms with Gasteiger partial charge in [-0.3, -0.25) is 19.3 Å². The van der Waals surface area contributed by atoms with E-state index in [1.165, 1.54) is 12.1 Å². The second-order valence-electron chi connectivity index (χ2n) is 5.46. The van der Waals surface area contributed by atoms with Crippen LogP contribution in [0.1, 0.15) is 5.56 Å². The molecule has 0 saturated carbocycles. The van der Waals surface area contributed by atoms with E-state index in [0.29, 0.717) is 31.9 Å². The number of benzene rings is 1. The molecule has 1 N–H and O–H groups in total. The van der Waals surface area contributed by atoms with Crippen LogP contribution in [0.25, 0.3) is 6.08 Å². The fourth-order valence-electron chi connectivity index (χ4n) is 2.47. The molecule has 0 unspecified atom stereocenters. The molecule has 3 amide bonds. The lowest BCUT2D eigenvalue weighted by Crippen LogP contribution is -2.46. The highest BCUT2D eigenvalue weighted by atomic mass is 79.9. The third-order valence-corrected chi connectivity index (χ3v) is 5.21. The van der Waals surface area contributed by atoms with Crippen LogP contribution in [0.4, 0.5) is 4.79 Å². The Labute approximate surface area is 156 Å². The van der Waals surface area contributed by atoms with E-state index < -0.39 is 11.1 Å². The van der Waals surface area contributed by atoms with Gasteiger partial charge in [-0.15, -0.1) is 0 Å². The normalized spacial score (nSPS) is 19.8. The number of amides is 3. The summed E-state index contributed by atoms with van der Waals surface area (Å²) >= 11 is 4.05. The van der Waals surface area contributed by atoms with Crippen LogP contribution in [-0.2, 0) is 14.3 Å². The highest BCUT2D eigenvalue weighted by molar-refractivity contribution is 9.10. The minimum Gasteiger partial charge on any atom is -0.507 e. The van der Waals surface area contributed by atoms with Crippen LogP contribution < -0.4 is 0 Å². The Bertz CT molecular complexity index is 761. The molecule has 2 aliphatic rings. The van der Waals surface area contributed by atoms with Gasteiger partial charge in [-0.1, -0.05) is 15.9 Å². The van der Waals surface area contributed by atoms with Gasteiger partial charge >= 0.3 is 0 Å². The SMILES string of the molecule is O=C(CN1C(=O)S/C(=C/c2cc(Br)ccc2O)C1=O)N1CCOCC1. The van der Waals surface area contributed by atoms with Crippen LogP contribution >= 0.6 is 27.7 Å². The van der Waals surface area contributed by atoms with Crippen LogP contribution in [0.2, 0.25) is 0 Å². The van der Waals surface area contributed by atoms with Crippen molar-refractivity contribution >= 4 is 50.8 Å². The smallest absolute Gasteiger partial charge is 0.294 e. The van der Waals surface area contributed by atoms with Gasteiger partial charge in [-0.2, -0.15) is 0 Å². The summed E-state index contributed by atoms with van der Waals surface area (Å²) in [7, 11) is 0. The van der Waals surface area contributed by atoms with Gasteiger partial charge in [-0.25, -0.2) is 0 Å². The number of carbonyl (C=O) groups excluding carboxylic acids is 3. The molecule has 132 valence electrons. The number of nitrogens with zero attached hydrogens (tertiary/aromatic N) is 2. The first kappa shape index (κ1) is 18.0. The molecule has 2 fully saturated rings. The van der Waals surface area contributed by atoms with Crippen molar-refractivity contribution < 1.29 is 24.2 Å². The van der Waals surface area contributed by atoms with E-state index in [0.717, 1.165) is 21.1 Å². The lowest BCUT2D eigenvalue weighted by Gasteiger charge is -2.28. The number of ether oxygens (including phenoxy) is 1. The molecule has 25 heavy (non-hydrogen) atoms. The van der Waals surface area contributed by atoms with E-state index in [-0.39, 0.29) is 23.1 Å². The van der Waals surface area contributed by atoms with E-state index in [9.17, 15) is 19.5 Å². The lowest BCUT2D eigenvalue weighted by atomic mass is 10.2. The van der Waals surface area contributed by atoms with E-state index in [1.807, 2.05) is 0 Å². The number of imide groups is 1. The molecule has 0 bridgehead atoms. The number of hydrogen-bond donors (Lipinski definition) is 1. The van der Waals surface area contributed by atoms with E-state index in [4.69, 9.17) is 4.74 Å². The maximum absolute atomic E-state index is 12.5. The first-order valence-corrected chi connectivity index (χ1v) is 9.16. The molecule has 7 nitrogen and oxygen atoms in total. The molecule has 0 aliphatic carbocycles.